The molecule has 3 rings (SSSR count). The van der Waals surface area contributed by atoms with E-state index in [9.17, 15) is 22.8 Å². The van der Waals surface area contributed by atoms with Gasteiger partial charge in [-0.3, -0.25) is 10.1 Å². The molecule has 1 aromatic heterocycles. The van der Waals surface area contributed by atoms with Crippen LogP contribution in [0.5, 0.6) is 11.6 Å². The van der Waals surface area contributed by atoms with Crippen molar-refractivity contribution in [3.8, 4) is 11.6 Å². The van der Waals surface area contributed by atoms with E-state index in [1.807, 2.05) is 0 Å². The second-order valence-corrected chi connectivity index (χ2v) is 6.83. The number of benzene rings is 2. The summed E-state index contributed by atoms with van der Waals surface area (Å²) >= 11 is 12.0. The lowest BCUT2D eigenvalue weighted by Crippen LogP contribution is -2.34. The number of imide groups is 1. The number of nitrogens with zero attached hydrogens (tertiary/aromatic N) is 1. The van der Waals surface area contributed by atoms with Gasteiger partial charge in [0.1, 0.15) is 5.75 Å². The molecule has 0 bridgehead atoms. The van der Waals surface area contributed by atoms with Crippen molar-refractivity contribution in [2.75, 3.05) is 5.32 Å². The molecule has 0 aliphatic rings. The number of hydrogen-bond donors (Lipinski definition) is 2. The number of halogens is 5. The number of hydrogen-bond acceptors (Lipinski definition) is 4. The molecule has 160 valence electrons. The Morgan fingerprint density at radius 1 is 0.968 bits per heavy atom. The van der Waals surface area contributed by atoms with Crippen LogP contribution in [0.25, 0.3) is 0 Å². The lowest BCUT2D eigenvalue weighted by molar-refractivity contribution is -0.137. The first-order valence-electron chi connectivity index (χ1n) is 8.51. The summed E-state index contributed by atoms with van der Waals surface area (Å²) in [5.74, 6) is -0.687. The zero-order chi connectivity index (χ0) is 22.6. The Morgan fingerprint density at radius 2 is 1.71 bits per heavy atom. The van der Waals surface area contributed by atoms with E-state index in [2.05, 4.69) is 15.6 Å². The average Bonchev–Trinajstić information content (AvgIpc) is 2.70. The fraction of sp³-hybridized carbons (Fsp3) is 0.0500. The van der Waals surface area contributed by atoms with Crippen molar-refractivity contribution in [1.29, 1.82) is 0 Å². The van der Waals surface area contributed by atoms with Crippen molar-refractivity contribution >= 4 is 40.8 Å². The summed E-state index contributed by atoms with van der Waals surface area (Å²) in [6.45, 7) is 0. The van der Waals surface area contributed by atoms with Gasteiger partial charge in [0.15, 0.2) is 0 Å². The summed E-state index contributed by atoms with van der Waals surface area (Å²) in [4.78, 5) is 27.7. The van der Waals surface area contributed by atoms with Crippen molar-refractivity contribution in [3.63, 3.8) is 0 Å². The SMILES string of the molecule is O=C(NC(=O)c1ccccc1Cl)Nc1ccc(Oc2ccc(C(F)(F)F)cn2)c(Cl)c1. The predicted molar refractivity (Wildman–Crippen MR) is 109 cm³/mol. The Morgan fingerprint density at radius 3 is 2.32 bits per heavy atom. The van der Waals surface area contributed by atoms with Gasteiger partial charge in [-0.25, -0.2) is 9.78 Å². The Balaban J connectivity index is 1.63. The maximum absolute atomic E-state index is 12.6. The van der Waals surface area contributed by atoms with Gasteiger partial charge in [0.2, 0.25) is 5.88 Å². The quantitative estimate of drug-likeness (QED) is 0.479. The molecule has 3 aromatic rings. The molecule has 0 saturated carbocycles. The van der Waals surface area contributed by atoms with Gasteiger partial charge in [0.25, 0.3) is 5.91 Å². The number of alkyl halides is 3. The summed E-state index contributed by atoms with van der Waals surface area (Å²) in [6.07, 6.45) is -3.87. The van der Waals surface area contributed by atoms with Crippen molar-refractivity contribution in [1.82, 2.24) is 10.3 Å². The van der Waals surface area contributed by atoms with Gasteiger partial charge in [-0.15, -0.1) is 0 Å². The third-order valence-corrected chi connectivity index (χ3v) is 4.44. The monoisotopic (exact) mass is 469 g/mol. The number of nitrogens with one attached hydrogen (secondary N) is 2. The minimum atomic E-state index is -4.51. The van der Waals surface area contributed by atoms with E-state index >= 15 is 0 Å². The van der Waals surface area contributed by atoms with E-state index in [0.29, 0.717) is 6.20 Å². The van der Waals surface area contributed by atoms with Crippen LogP contribution in [0.1, 0.15) is 15.9 Å². The first kappa shape index (κ1) is 22.4. The third-order valence-electron chi connectivity index (χ3n) is 3.81. The van der Waals surface area contributed by atoms with Gasteiger partial charge in [0.05, 0.1) is 21.2 Å². The molecule has 0 spiro atoms. The van der Waals surface area contributed by atoms with Crippen molar-refractivity contribution in [2.45, 2.75) is 6.18 Å². The Bertz CT molecular complexity index is 1120. The molecule has 31 heavy (non-hydrogen) atoms. The smallest absolute Gasteiger partial charge is 0.417 e. The third kappa shape index (κ3) is 5.87. The molecule has 0 aliphatic heterocycles. The van der Waals surface area contributed by atoms with Crippen molar-refractivity contribution < 1.29 is 27.5 Å². The Hall–Kier alpha value is -3.30. The van der Waals surface area contributed by atoms with E-state index in [-0.39, 0.29) is 32.9 Å². The highest BCUT2D eigenvalue weighted by Crippen LogP contribution is 2.33. The first-order valence-corrected chi connectivity index (χ1v) is 9.26. The summed E-state index contributed by atoms with van der Waals surface area (Å²) < 4.78 is 43.1. The molecule has 0 radical (unpaired) electrons. The number of anilines is 1. The van der Waals surface area contributed by atoms with E-state index < -0.39 is 23.7 Å². The molecular formula is C20H12Cl2F3N3O3. The maximum atomic E-state index is 12.6. The van der Waals surface area contributed by atoms with Crippen LogP contribution in [0.15, 0.2) is 60.8 Å². The fourth-order valence-electron chi connectivity index (χ4n) is 2.36. The zero-order valence-electron chi connectivity index (χ0n) is 15.3. The van der Waals surface area contributed by atoms with E-state index in [0.717, 1.165) is 12.1 Å². The molecule has 2 aromatic carbocycles. The minimum absolute atomic E-state index is 0.0527. The van der Waals surface area contributed by atoms with Crippen LogP contribution in [-0.4, -0.2) is 16.9 Å². The zero-order valence-corrected chi connectivity index (χ0v) is 16.8. The molecule has 0 fully saturated rings. The molecule has 1 heterocycles. The van der Waals surface area contributed by atoms with Gasteiger partial charge < -0.3 is 10.1 Å². The van der Waals surface area contributed by atoms with Crippen LogP contribution in [0.2, 0.25) is 10.0 Å². The number of amides is 3. The molecule has 2 N–H and O–H groups in total. The Kier molecular flexibility index (Phi) is 6.67. The number of rotatable bonds is 4. The highest BCUT2D eigenvalue weighted by atomic mass is 35.5. The lowest BCUT2D eigenvalue weighted by atomic mass is 10.2. The molecule has 11 heteroatoms. The van der Waals surface area contributed by atoms with Gasteiger partial charge >= 0.3 is 12.2 Å². The largest absolute Gasteiger partial charge is 0.437 e. The molecule has 0 aliphatic carbocycles. The van der Waals surface area contributed by atoms with Crippen LogP contribution >= 0.6 is 23.2 Å². The number of urea groups is 1. The van der Waals surface area contributed by atoms with E-state index in [4.69, 9.17) is 27.9 Å². The molecule has 6 nitrogen and oxygen atoms in total. The van der Waals surface area contributed by atoms with Gasteiger partial charge in [-0.05, 0) is 36.4 Å². The second kappa shape index (κ2) is 9.23. The average molecular weight is 470 g/mol. The summed E-state index contributed by atoms with van der Waals surface area (Å²) in [7, 11) is 0. The topological polar surface area (TPSA) is 80.3 Å². The van der Waals surface area contributed by atoms with Crippen LogP contribution < -0.4 is 15.4 Å². The van der Waals surface area contributed by atoms with Crippen molar-refractivity contribution in [3.05, 3.63) is 82.0 Å². The Labute approximate surface area is 183 Å². The fourth-order valence-corrected chi connectivity index (χ4v) is 2.80. The van der Waals surface area contributed by atoms with Gasteiger partial charge in [-0.2, -0.15) is 13.2 Å². The number of aromatic nitrogens is 1. The van der Waals surface area contributed by atoms with Crippen LogP contribution in [-0.2, 0) is 6.18 Å². The summed E-state index contributed by atoms with van der Waals surface area (Å²) in [6, 6.07) is 11.4. The van der Waals surface area contributed by atoms with Crippen LogP contribution in [0, 0.1) is 0 Å². The minimum Gasteiger partial charge on any atom is -0.437 e. The van der Waals surface area contributed by atoms with Crippen LogP contribution in [0.3, 0.4) is 0 Å². The molecule has 0 unspecified atom stereocenters. The van der Waals surface area contributed by atoms with Gasteiger partial charge in [0, 0.05) is 18.0 Å². The van der Waals surface area contributed by atoms with Crippen LogP contribution in [0.4, 0.5) is 23.7 Å². The van der Waals surface area contributed by atoms with Crippen molar-refractivity contribution in [2.24, 2.45) is 0 Å². The first-order chi connectivity index (χ1) is 14.6. The standard InChI is InChI=1S/C20H12Cl2F3N3O3/c21-14-4-2-1-3-13(14)18(29)28-19(30)27-12-6-7-16(15(22)9-12)31-17-8-5-11(10-26-17)20(23,24)25/h1-10H,(H2,27,28,29,30). The highest BCUT2D eigenvalue weighted by Gasteiger charge is 2.30. The number of ether oxygens (including phenoxy) is 1. The molecular weight excluding hydrogens is 458 g/mol. The lowest BCUT2D eigenvalue weighted by Gasteiger charge is -2.11. The summed E-state index contributed by atoms with van der Waals surface area (Å²) in [5.41, 5.74) is -0.546. The number of carbonyl (C=O) groups is 2. The molecule has 0 atom stereocenters. The number of pyridine rings is 1. The normalized spacial score (nSPS) is 11.0. The predicted octanol–water partition coefficient (Wildman–Crippen LogP) is 6.16. The van der Waals surface area contributed by atoms with Gasteiger partial charge in [-0.1, -0.05) is 35.3 Å². The van der Waals surface area contributed by atoms with E-state index in [1.165, 1.54) is 30.3 Å². The molecule has 0 saturated heterocycles. The molecule has 3 amide bonds. The summed E-state index contributed by atoms with van der Waals surface area (Å²) in [5, 5.41) is 4.79. The maximum Gasteiger partial charge on any atom is 0.417 e. The highest BCUT2D eigenvalue weighted by molar-refractivity contribution is 6.34. The number of carbonyl (C=O) groups excluding carboxylic acids is 2. The van der Waals surface area contributed by atoms with E-state index in [1.54, 1.807) is 12.1 Å². The second-order valence-electron chi connectivity index (χ2n) is 6.02.